The van der Waals surface area contributed by atoms with E-state index in [-0.39, 0.29) is 22.3 Å². The Morgan fingerprint density at radius 2 is 2.04 bits per heavy atom. The van der Waals surface area contributed by atoms with Crippen molar-refractivity contribution in [2.24, 2.45) is 11.1 Å². The molecule has 152 valence electrons. The molecule has 0 aliphatic heterocycles. The number of hydrogen-bond donors (Lipinski definition) is 2. The summed E-state index contributed by atoms with van der Waals surface area (Å²) in [5.41, 5.74) is 0.354. The third-order valence-corrected chi connectivity index (χ3v) is 4.99. The van der Waals surface area contributed by atoms with E-state index in [9.17, 15) is 22.2 Å². The molecule has 10 heteroatoms. The maximum Gasteiger partial charge on any atom is 0.248 e. The normalized spacial score (nSPS) is 19.1. The molecule has 1 heterocycles. The van der Waals surface area contributed by atoms with Gasteiger partial charge in [-0.2, -0.15) is 0 Å². The minimum absolute atomic E-state index is 0.122. The zero-order valence-electron chi connectivity index (χ0n) is 14.7. The molecule has 5 nitrogen and oxygen atoms in total. The first-order valence-electron chi connectivity index (χ1n) is 8.39. The summed E-state index contributed by atoms with van der Waals surface area (Å²) in [5, 5.41) is 8.03. The number of benzene rings is 1. The Morgan fingerprint density at radius 1 is 1.32 bits per heavy atom. The molecular formula is C18H19ClF3N3O2S. The predicted molar refractivity (Wildman–Crippen MR) is 102 cm³/mol. The van der Waals surface area contributed by atoms with Crippen LogP contribution in [0.1, 0.15) is 25.7 Å². The topological polar surface area (TPSA) is 85.1 Å². The Labute approximate surface area is 168 Å². The molecule has 2 atom stereocenters. The molecule has 1 aliphatic carbocycles. The number of pyridine rings is 1. The second kappa shape index (κ2) is 9.99. The Bertz CT molecular complexity index is 833. The lowest BCUT2D eigenvalue weighted by Crippen LogP contribution is -2.33. The molecule has 1 aliphatic rings. The van der Waals surface area contributed by atoms with Crippen molar-refractivity contribution in [3.8, 4) is 0 Å². The fraction of sp³-hybridized carbons (Fsp3) is 0.333. The highest BCUT2D eigenvalue weighted by Crippen LogP contribution is 2.37. The van der Waals surface area contributed by atoms with Crippen molar-refractivity contribution in [3.05, 3.63) is 53.4 Å². The first kappa shape index (κ1) is 22.3. The van der Waals surface area contributed by atoms with Gasteiger partial charge >= 0.3 is 0 Å². The third-order valence-electron chi connectivity index (χ3n) is 4.04. The quantitative estimate of drug-likeness (QED) is 0.756. The van der Waals surface area contributed by atoms with E-state index >= 15 is 0 Å². The Hall–Kier alpha value is -1.97. The van der Waals surface area contributed by atoms with Gasteiger partial charge in [-0.3, -0.25) is 4.79 Å². The van der Waals surface area contributed by atoms with Crippen LogP contribution in [0.2, 0.25) is 5.02 Å². The van der Waals surface area contributed by atoms with E-state index in [1.54, 1.807) is 12.1 Å². The Morgan fingerprint density at radius 3 is 2.61 bits per heavy atom. The average Bonchev–Trinajstić information content (AvgIpc) is 2.64. The fourth-order valence-electron chi connectivity index (χ4n) is 2.68. The zero-order valence-corrected chi connectivity index (χ0v) is 16.3. The van der Waals surface area contributed by atoms with E-state index in [1.807, 2.05) is 0 Å². The number of rotatable bonds is 3. The highest BCUT2D eigenvalue weighted by molar-refractivity contribution is 7.82. The molecule has 0 radical (unpaired) electrons. The number of anilines is 1. The zero-order chi connectivity index (χ0) is 20.7. The molecule has 28 heavy (non-hydrogen) atoms. The average molecular weight is 434 g/mol. The van der Waals surface area contributed by atoms with Crippen LogP contribution in [-0.4, -0.2) is 21.0 Å². The number of amides is 1. The van der Waals surface area contributed by atoms with Crippen molar-refractivity contribution in [3.63, 3.8) is 0 Å². The largest absolute Gasteiger partial charge is 0.326 e. The number of aromatic nitrogens is 1. The van der Waals surface area contributed by atoms with Crippen molar-refractivity contribution >= 4 is 34.2 Å². The van der Waals surface area contributed by atoms with Crippen LogP contribution in [0.25, 0.3) is 0 Å². The summed E-state index contributed by atoms with van der Waals surface area (Å²) >= 11 is 5.33. The third kappa shape index (κ3) is 6.88. The molecule has 0 bridgehead atoms. The van der Waals surface area contributed by atoms with Crippen LogP contribution in [0.3, 0.4) is 0 Å². The van der Waals surface area contributed by atoms with Crippen LogP contribution in [0.5, 0.6) is 0 Å². The lowest BCUT2D eigenvalue weighted by atomic mass is 9.86. The Balaban J connectivity index is 0.000000292. The first-order chi connectivity index (χ1) is 13.2. The van der Waals surface area contributed by atoms with E-state index in [1.165, 1.54) is 30.5 Å². The summed E-state index contributed by atoms with van der Waals surface area (Å²) in [6.45, 7) is 0. The van der Waals surface area contributed by atoms with Gasteiger partial charge in [0.15, 0.2) is 0 Å². The number of nitrogens with one attached hydrogen (secondary N) is 1. The summed E-state index contributed by atoms with van der Waals surface area (Å²) in [7, 11) is -1.75. The molecule has 1 aromatic heterocycles. The molecule has 0 saturated heterocycles. The molecule has 0 spiro atoms. The summed E-state index contributed by atoms with van der Waals surface area (Å²) < 4.78 is 49.8. The van der Waals surface area contributed by atoms with Crippen LogP contribution in [-0.2, 0) is 15.8 Å². The number of nitrogens with zero attached hydrogens (tertiary/aromatic N) is 1. The van der Waals surface area contributed by atoms with E-state index in [0.717, 1.165) is 0 Å². The molecule has 1 fully saturated rings. The summed E-state index contributed by atoms with van der Waals surface area (Å²) in [5.74, 6) is -4.31. The molecular weight excluding hydrogens is 415 g/mol. The number of carbonyl (C=O) groups excluding carboxylic acids is 1. The van der Waals surface area contributed by atoms with E-state index in [2.05, 4.69) is 10.3 Å². The van der Waals surface area contributed by atoms with Crippen LogP contribution >= 0.6 is 11.6 Å². The molecule has 3 N–H and O–H groups in total. The summed E-state index contributed by atoms with van der Waals surface area (Å²) in [4.78, 5) is 15.7. The van der Waals surface area contributed by atoms with Crippen molar-refractivity contribution in [2.45, 2.75) is 36.6 Å². The van der Waals surface area contributed by atoms with Crippen LogP contribution < -0.4 is 10.5 Å². The molecule has 2 aromatic rings. The standard InChI is InChI=1S/C12H15F2N3O2S.C6H4ClF/c13-12(14)4-1-2-8(7-12)11(18)17-9-3-5-16-10(6-9)20(15)19;7-5-3-1-2-4-6(5)8/h3,5-6,8H,1-2,4,7,15H2,(H,16,17,18);1-4H. The van der Waals surface area contributed by atoms with Gasteiger partial charge in [0.1, 0.15) is 21.8 Å². The van der Waals surface area contributed by atoms with Gasteiger partial charge in [-0.05, 0) is 37.1 Å². The fourth-order valence-corrected chi connectivity index (χ4v) is 3.22. The summed E-state index contributed by atoms with van der Waals surface area (Å²) in [6, 6.07) is 8.98. The highest BCUT2D eigenvalue weighted by Gasteiger charge is 2.39. The number of hydrogen-bond acceptors (Lipinski definition) is 3. The van der Waals surface area contributed by atoms with Gasteiger partial charge in [0.2, 0.25) is 11.8 Å². The predicted octanol–water partition coefficient (Wildman–Crippen LogP) is 4.31. The Kier molecular flexibility index (Phi) is 7.97. The monoisotopic (exact) mass is 433 g/mol. The number of alkyl halides is 2. The minimum atomic E-state index is -2.78. The van der Waals surface area contributed by atoms with Crippen molar-refractivity contribution in [1.29, 1.82) is 0 Å². The van der Waals surface area contributed by atoms with E-state index in [0.29, 0.717) is 18.5 Å². The number of carbonyl (C=O) groups is 1. The molecule has 3 rings (SSSR count). The van der Waals surface area contributed by atoms with Gasteiger partial charge in [-0.15, -0.1) is 0 Å². The molecule has 1 saturated carbocycles. The number of halogens is 4. The molecule has 2 unspecified atom stereocenters. The van der Waals surface area contributed by atoms with Crippen molar-refractivity contribution in [1.82, 2.24) is 4.98 Å². The SMILES string of the molecule is Fc1ccccc1Cl.NS(=O)c1cc(NC(=O)C2CCCC(F)(F)C2)ccn1. The van der Waals surface area contributed by atoms with Crippen LogP contribution in [0.15, 0.2) is 47.6 Å². The smallest absolute Gasteiger partial charge is 0.248 e. The van der Waals surface area contributed by atoms with Crippen molar-refractivity contribution in [2.75, 3.05) is 5.32 Å². The van der Waals surface area contributed by atoms with E-state index < -0.39 is 35.2 Å². The molecule has 1 aromatic carbocycles. The second-order valence-corrected chi connectivity index (χ2v) is 7.65. The lowest BCUT2D eigenvalue weighted by Gasteiger charge is -2.27. The second-order valence-electron chi connectivity index (χ2n) is 6.23. The van der Waals surface area contributed by atoms with Gasteiger partial charge in [0.25, 0.3) is 0 Å². The summed E-state index contributed by atoms with van der Waals surface area (Å²) in [6.07, 6.45) is 1.54. The van der Waals surface area contributed by atoms with Crippen LogP contribution in [0, 0.1) is 11.7 Å². The lowest BCUT2D eigenvalue weighted by molar-refractivity contribution is -0.127. The number of nitrogens with two attached hydrogens (primary N) is 1. The van der Waals surface area contributed by atoms with Gasteiger partial charge < -0.3 is 5.32 Å². The minimum Gasteiger partial charge on any atom is -0.326 e. The molecule has 1 amide bonds. The van der Waals surface area contributed by atoms with Crippen molar-refractivity contribution < 1.29 is 22.2 Å². The highest BCUT2D eigenvalue weighted by atomic mass is 35.5. The van der Waals surface area contributed by atoms with Gasteiger partial charge in [-0.25, -0.2) is 27.5 Å². The van der Waals surface area contributed by atoms with Gasteiger partial charge in [0, 0.05) is 30.6 Å². The maximum atomic E-state index is 13.3. The first-order valence-corrected chi connectivity index (χ1v) is 9.98. The van der Waals surface area contributed by atoms with E-state index in [4.69, 9.17) is 16.7 Å². The van der Waals surface area contributed by atoms with Gasteiger partial charge in [0.05, 0.1) is 5.02 Å². The van der Waals surface area contributed by atoms with Crippen LogP contribution in [0.4, 0.5) is 18.9 Å². The maximum absolute atomic E-state index is 13.3. The van der Waals surface area contributed by atoms with Gasteiger partial charge in [-0.1, -0.05) is 23.7 Å².